The predicted molar refractivity (Wildman–Crippen MR) is 75.5 cm³/mol. The van der Waals surface area contributed by atoms with E-state index in [1.54, 1.807) is 0 Å². The van der Waals surface area contributed by atoms with Crippen molar-refractivity contribution in [2.45, 2.75) is 0 Å². The minimum atomic E-state index is -0.697. The van der Waals surface area contributed by atoms with Gasteiger partial charge in [0, 0.05) is 11.6 Å². The zero-order valence-electron chi connectivity index (χ0n) is 10.2. The maximum atomic E-state index is 13.4. The van der Waals surface area contributed by atoms with Crippen molar-refractivity contribution in [3.05, 3.63) is 62.6 Å². The van der Waals surface area contributed by atoms with E-state index in [1.165, 1.54) is 25.3 Å². The van der Waals surface area contributed by atoms with Crippen LogP contribution in [0, 0.1) is 11.6 Å². The fraction of sp³-hybridized carbons (Fsp3) is 0.0714. The Morgan fingerprint density at radius 1 is 1.20 bits per heavy atom. The van der Waals surface area contributed by atoms with Gasteiger partial charge in [0.25, 0.3) is 0 Å². The Kier molecular flexibility index (Phi) is 4.40. The third-order valence-corrected chi connectivity index (χ3v) is 3.58. The predicted octanol–water partition coefficient (Wildman–Crippen LogP) is 4.62. The fourth-order valence-corrected chi connectivity index (χ4v) is 2.13. The number of ether oxygens (including phenoxy) is 1. The van der Waals surface area contributed by atoms with Gasteiger partial charge in [-0.25, -0.2) is 8.78 Å². The van der Waals surface area contributed by atoms with Gasteiger partial charge in [0.1, 0.15) is 17.4 Å². The lowest BCUT2D eigenvalue weighted by molar-refractivity contribution is 0.103. The van der Waals surface area contributed by atoms with Gasteiger partial charge in [0.05, 0.1) is 22.2 Å². The third kappa shape index (κ3) is 2.83. The monoisotopic (exact) mass is 360 g/mol. The molecule has 20 heavy (non-hydrogen) atoms. The van der Waals surface area contributed by atoms with E-state index in [1.807, 2.05) is 0 Å². The minimum absolute atomic E-state index is 0.0751. The molecule has 0 aliphatic heterocycles. The Morgan fingerprint density at radius 3 is 2.50 bits per heavy atom. The Hall–Kier alpha value is -1.46. The first-order chi connectivity index (χ1) is 9.43. The van der Waals surface area contributed by atoms with Gasteiger partial charge >= 0.3 is 0 Å². The number of rotatable bonds is 3. The molecular formula is C14H8BrClF2O2. The number of ketones is 1. The molecule has 0 aliphatic carbocycles. The summed E-state index contributed by atoms with van der Waals surface area (Å²) in [7, 11) is 1.32. The molecule has 0 saturated carbocycles. The number of methoxy groups -OCH3 is 1. The van der Waals surface area contributed by atoms with E-state index < -0.39 is 17.4 Å². The highest BCUT2D eigenvalue weighted by molar-refractivity contribution is 9.10. The summed E-state index contributed by atoms with van der Waals surface area (Å²) in [6.07, 6.45) is 0. The maximum absolute atomic E-state index is 13.4. The van der Waals surface area contributed by atoms with Gasteiger partial charge in [-0.1, -0.05) is 11.6 Å². The molecule has 0 atom stereocenters. The van der Waals surface area contributed by atoms with Crippen molar-refractivity contribution >= 4 is 33.3 Å². The summed E-state index contributed by atoms with van der Waals surface area (Å²) in [4.78, 5) is 12.3. The second kappa shape index (κ2) is 5.89. The van der Waals surface area contributed by atoms with Crippen molar-refractivity contribution < 1.29 is 18.3 Å². The highest BCUT2D eigenvalue weighted by Gasteiger charge is 2.18. The summed E-state index contributed by atoms with van der Waals surface area (Å²) < 4.78 is 31.9. The largest absolute Gasteiger partial charge is 0.496 e. The zero-order valence-corrected chi connectivity index (χ0v) is 12.6. The highest BCUT2D eigenvalue weighted by atomic mass is 79.9. The van der Waals surface area contributed by atoms with Crippen LogP contribution in [0.4, 0.5) is 8.78 Å². The summed E-state index contributed by atoms with van der Waals surface area (Å²) in [6.45, 7) is 0. The maximum Gasteiger partial charge on any atom is 0.196 e. The number of benzene rings is 2. The highest BCUT2D eigenvalue weighted by Crippen LogP contribution is 2.29. The summed E-state index contributed by atoms with van der Waals surface area (Å²) >= 11 is 8.57. The van der Waals surface area contributed by atoms with E-state index in [9.17, 15) is 13.6 Å². The second-order valence-corrected chi connectivity index (χ2v) is 5.19. The van der Waals surface area contributed by atoms with Crippen LogP contribution in [-0.4, -0.2) is 12.9 Å². The van der Waals surface area contributed by atoms with Gasteiger partial charge in [-0.15, -0.1) is 0 Å². The van der Waals surface area contributed by atoms with Gasteiger partial charge in [-0.05, 0) is 40.2 Å². The van der Waals surface area contributed by atoms with Crippen LogP contribution in [0.15, 0.2) is 34.8 Å². The Labute approximate surface area is 127 Å². The van der Waals surface area contributed by atoms with E-state index >= 15 is 0 Å². The molecule has 104 valence electrons. The molecule has 0 spiro atoms. The van der Waals surface area contributed by atoms with Gasteiger partial charge in [0.2, 0.25) is 0 Å². The summed E-state index contributed by atoms with van der Waals surface area (Å²) in [5, 5.41) is -0.0752. The number of hydrogen-bond donors (Lipinski definition) is 0. The van der Waals surface area contributed by atoms with E-state index in [0.29, 0.717) is 0 Å². The molecule has 0 aromatic heterocycles. The molecule has 0 heterocycles. The molecule has 0 radical (unpaired) electrons. The van der Waals surface area contributed by atoms with Crippen molar-refractivity contribution in [3.8, 4) is 5.75 Å². The van der Waals surface area contributed by atoms with Crippen LogP contribution >= 0.6 is 27.5 Å². The third-order valence-electron chi connectivity index (χ3n) is 2.67. The normalized spacial score (nSPS) is 10.4. The van der Waals surface area contributed by atoms with Crippen LogP contribution in [0.25, 0.3) is 0 Å². The molecule has 0 amide bonds. The quantitative estimate of drug-likeness (QED) is 0.746. The number of halogens is 4. The van der Waals surface area contributed by atoms with Crippen molar-refractivity contribution in [2.24, 2.45) is 0 Å². The summed E-state index contributed by atoms with van der Waals surface area (Å²) in [5.74, 6) is -1.66. The molecule has 0 fully saturated rings. The Morgan fingerprint density at radius 2 is 1.90 bits per heavy atom. The number of hydrogen-bond acceptors (Lipinski definition) is 2. The molecule has 0 bridgehead atoms. The lowest BCUT2D eigenvalue weighted by Gasteiger charge is -2.09. The van der Waals surface area contributed by atoms with Crippen molar-refractivity contribution in [3.63, 3.8) is 0 Å². The molecular weight excluding hydrogens is 354 g/mol. The first kappa shape index (κ1) is 14.9. The van der Waals surface area contributed by atoms with E-state index in [-0.39, 0.29) is 26.4 Å². The SMILES string of the molecule is COc1cc(F)c(Br)cc1C(=O)c1ccc(Cl)c(F)c1. The van der Waals surface area contributed by atoms with Crippen molar-refractivity contribution in [1.82, 2.24) is 0 Å². The standard InChI is InChI=1S/C14H8BrClF2O2/c1-20-13-6-11(17)9(15)5-8(13)14(19)7-2-3-10(16)12(18)4-7/h2-6H,1H3. The Bertz CT molecular complexity index is 689. The molecule has 6 heteroatoms. The summed E-state index contributed by atoms with van der Waals surface area (Å²) in [5.41, 5.74) is 0.228. The first-order valence-electron chi connectivity index (χ1n) is 5.47. The minimum Gasteiger partial charge on any atom is -0.496 e. The average Bonchev–Trinajstić information content (AvgIpc) is 2.43. The second-order valence-electron chi connectivity index (χ2n) is 3.92. The van der Waals surface area contributed by atoms with Crippen LogP contribution in [0.3, 0.4) is 0 Å². The van der Waals surface area contributed by atoms with Crippen LogP contribution in [0.2, 0.25) is 5.02 Å². The fourth-order valence-electron chi connectivity index (χ4n) is 1.67. The molecule has 0 N–H and O–H groups in total. The average molecular weight is 362 g/mol. The lowest BCUT2D eigenvalue weighted by atomic mass is 10.0. The van der Waals surface area contributed by atoms with E-state index in [0.717, 1.165) is 12.1 Å². The smallest absolute Gasteiger partial charge is 0.196 e. The molecule has 2 aromatic carbocycles. The van der Waals surface area contributed by atoms with Crippen LogP contribution in [0.1, 0.15) is 15.9 Å². The lowest BCUT2D eigenvalue weighted by Crippen LogP contribution is -2.05. The number of carbonyl (C=O) groups is 1. The molecule has 2 aromatic rings. The first-order valence-corrected chi connectivity index (χ1v) is 6.64. The van der Waals surface area contributed by atoms with Crippen LogP contribution in [0.5, 0.6) is 5.75 Å². The van der Waals surface area contributed by atoms with Gasteiger partial charge in [-0.3, -0.25) is 4.79 Å². The number of carbonyl (C=O) groups excluding carboxylic acids is 1. The van der Waals surface area contributed by atoms with Crippen molar-refractivity contribution in [1.29, 1.82) is 0 Å². The molecule has 0 aliphatic rings. The van der Waals surface area contributed by atoms with E-state index in [4.69, 9.17) is 16.3 Å². The van der Waals surface area contributed by atoms with Crippen LogP contribution < -0.4 is 4.74 Å². The van der Waals surface area contributed by atoms with Gasteiger partial charge in [0.15, 0.2) is 5.78 Å². The van der Waals surface area contributed by atoms with E-state index in [2.05, 4.69) is 15.9 Å². The summed E-state index contributed by atoms with van der Waals surface area (Å²) in [6, 6.07) is 6.09. The topological polar surface area (TPSA) is 26.3 Å². The van der Waals surface area contributed by atoms with Crippen molar-refractivity contribution in [2.75, 3.05) is 7.11 Å². The molecule has 0 saturated heterocycles. The Balaban J connectivity index is 2.52. The zero-order chi connectivity index (χ0) is 14.9. The molecule has 0 unspecified atom stereocenters. The molecule has 2 rings (SSSR count). The van der Waals surface area contributed by atoms with Gasteiger partial charge < -0.3 is 4.74 Å². The van der Waals surface area contributed by atoms with Gasteiger partial charge in [-0.2, -0.15) is 0 Å². The van der Waals surface area contributed by atoms with Crippen LogP contribution in [-0.2, 0) is 0 Å². The molecule has 2 nitrogen and oxygen atoms in total.